The Kier molecular flexibility index (Phi) is 7.78. The van der Waals surface area contributed by atoms with E-state index in [1.54, 1.807) is 0 Å². The van der Waals surface area contributed by atoms with Gasteiger partial charge in [0.05, 0.1) is 16.7 Å². The van der Waals surface area contributed by atoms with Crippen LogP contribution in [0.5, 0.6) is 0 Å². The number of rotatable bonds is 6. The van der Waals surface area contributed by atoms with Crippen molar-refractivity contribution in [1.29, 1.82) is 0 Å². The first-order valence-corrected chi connectivity index (χ1v) is 21.9. The third-order valence-electron chi connectivity index (χ3n) is 12.5. The van der Waals surface area contributed by atoms with Gasteiger partial charge in [0, 0.05) is 75.3 Å². The van der Waals surface area contributed by atoms with Gasteiger partial charge in [-0.2, -0.15) is 0 Å². The zero-order chi connectivity index (χ0) is 40.7. The van der Waals surface area contributed by atoms with E-state index in [9.17, 15) is 0 Å². The van der Waals surface area contributed by atoms with Crippen LogP contribution in [0.1, 0.15) is 0 Å². The minimum atomic E-state index is 0.898. The molecule has 0 bridgehead atoms. The van der Waals surface area contributed by atoms with E-state index in [0.29, 0.717) is 0 Å². The second-order valence-corrected chi connectivity index (χ2v) is 17.1. The second kappa shape index (κ2) is 13.8. The Bertz CT molecular complexity index is 3850. The molecule has 0 atom stereocenters. The molecule has 0 spiro atoms. The number of para-hydroxylation sites is 4. The molecule has 10 aromatic carbocycles. The maximum atomic E-state index is 6.58. The highest BCUT2D eigenvalue weighted by atomic mass is 32.1. The standard InChI is InChI=1S/C58H36N2OS/c1-2-21-43-37(15-1)16-13-30-52(43)59(40-19-11-17-38(33-40)44-26-14-27-49-47-24-5-9-31-55(47)61-57(44)49)42-35-50(58-51(36-42)48-25-6-10-32-56(48)62-58)39-18-12-20-41(34-39)60-53-28-7-3-22-45(53)46-23-4-8-29-54(46)60/h1-36H. The van der Waals surface area contributed by atoms with Gasteiger partial charge in [-0.05, 0) is 83.2 Å². The predicted molar refractivity (Wildman–Crippen MR) is 264 cm³/mol. The summed E-state index contributed by atoms with van der Waals surface area (Å²) in [5.74, 6) is 0. The van der Waals surface area contributed by atoms with Crippen molar-refractivity contribution in [3.63, 3.8) is 0 Å². The van der Waals surface area contributed by atoms with E-state index in [-0.39, 0.29) is 0 Å². The van der Waals surface area contributed by atoms with Gasteiger partial charge >= 0.3 is 0 Å². The molecule has 13 rings (SSSR count). The zero-order valence-corrected chi connectivity index (χ0v) is 34.3. The van der Waals surface area contributed by atoms with Gasteiger partial charge in [-0.1, -0.05) is 152 Å². The summed E-state index contributed by atoms with van der Waals surface area (Å²) in [6, 6.07) is 79.3. The molecular formula is C58H36N2OS. The number of benzene rings is 10. The lowest BCUT2D eigenvalue weighted by molar-refractivity contribution is 0.670. The fourth-order valence-electron chi connectivity index (χ4n) is 9.79. The van der Waals surface area contributed by atoms with Gasteiger partial charge < -0.3 is 13.9 Å². The largest absolute Gasteiger partial charge is 0.455 e. The van der Waals surface area contributed by atoms with Crippen molar-refractivity contribution in [2.75, 3.05) is 4.90 Å². The molecule has 3 heterocycles. The minimum Gasteiger partial charge on any atom is -0.455 e. The molecule has 0 aliphatic heterocycles. The summed E-state index contributed by atoms with van der Waals surface area (Å²) in [6.07, 6.45) is 0. The van der Waals surface area contributed by atoms with E-state index in [1.807, 2.05) is 17.4 Å². The van der Waals surface area contributed by atoms with E-state index >= 15 is 0 Å². The summed E-state index contributed by atoms with van der Waals surface area (Å²) >= 11 is 1.87. The molecule has 0 fully saturated rings. The first kappa shape index (κ1) is 34.9. The lowest BCUT2D eigenvalue weighted by Crippen LogP contribution is -2.11. The zero-order valence-electron chi connectivity index (χ0n) is 33.5. The van der Waals surface area contributed by atoms with Gasteiger partial charge in [-0.15, -0.1) is 11.3 Å². The maximum absolute atomic E-state index is 6.58. The van der Waals surface area contributed by atoms with E-state index in [2.05, 4.69) is 222 Å². The summed E-state index contributed by atoms with van der Waals surface area (Å²) in [4.78, 5) is 2.46. The molecule has 0 aliphatic rings. The molecule has 3 nitrogen and oxygen atoms in total. The number of nitrogens with zero attached hydrogens (tertiary/aromatic N) is 2. The highest BCUT2D eigenvalue weighted by Gasteiger charge is 2.22. The first-order chi connectivity index (χ1) is 30.7. The molecule has 0 N–H and O–H groups in total. The molecule has 4 heteroatoms. The monoisotopic (exact) mass is 808 g/mol. The third-order valence-corrected chi connectivity index (χ3v) is 13.8. The topological polar surface area (TPSA) is 21.3 Å². The average Bonchev–Trinajstić information content (AvgIpc) is 4.02. The SMILES string of the molecule is c1cc(-c2cccc3c2oc2ccccc23)cc(N(c2cc(-c3cccc(-n4c5ccccc5c5ccccc54)c3)c3sc4ccccc4c3c2)c2cccc3ccccc23)c1. The smallest absolute Gasteiger partial charge is 0.143 e. The average molecular weight is 809 g/mol. The van der Waals surface area contributed by atoms with Crippen LogP contribution in [-0.2, 0) is 0 Å². The molecule has 62 heavy (non-hydrogen) atoms. The van der Waals surface area contributed by atoms with Gasteiger partial charge in [0.1, 0.15) is 11.2 Å². The molecule has 13 aromatic rings. The quantitative estimate of drug-likeness (QED) is 0.167. The molecule has 3 aromatic heterocycles. The van der Waals surface area contributed by atoms with Crippen molar-refractivity contribution in [2.45, 2.75) is 0 Å². The lowest BCUT2D eigenvalue weighted by Gasteiger charge is -2.28. The van der Waals surface area contributed by atoms with Crippen LogP contribution in [0.25, 0.3) is 103 Å². The van der Waals surface area contributed by atoms with Crippen molar-refractivity contribution in [3.05, 3.63) is 218 Å². The number of hydrogen-bond acceptors (Lipinski definition) is 3. The third kappa shape index (κ3) is 5.37. The van der Waals surface area contributed by atoms with Crippen molar-refractivity contribution in [1.82, 2.24) is 4.57 Å². The van der Waals surface area contributed by atoms with Crippen LogP contribution in [0.2, 0.25) is 0 Å². The second-order valence-electron chi connectivity index (χ2n) is 16.1. The number of anilines is 3. The van der Waals surface area contributed by atoms with Crippen molar-refractivity contribution < 1.29 is 4.42 Å². The highest BCUT2D eigenvalue weighted by molar-refractivity contribution is 7.26. The molecule has 0 unspecified atom stereocenters. The van der Waals surface area contributed by atoms with Gasteiger partial charge in [-0.25, -0.2) is 0 Å². The summed E-state index contributed by atoms with van der Waals surface area (Å²) in [5, 5.41) is 9.65. The lowest BCUT2D eigenvalue weighted by atomic mass is 9.98. The van der Waals surface area contributed by atoms with Crippen LogP contribution >= 0.6 is 11.3 Å². The Morgan fingerprint density at radius 1 is 0.403 bits per heavy atom. The Labute approximate surface area is 361 Å². The number of furan rings is 1. The van der Waals surface area contributed by atoms with Crippen molar-refractivity contribution >= 4 is 103 Å². The number of thiophene rings is 1. The number of fused-ring (bicyclic) bond motifs is 10. The van der Waals surface area contributed by atoms with Gasteiger partial charge in [0.15, 0.2) is 0 Å². The van der Waals surface area contributed by atoms with Gasteiger partial charge in [0.25, 0.3) is 0 Å². The summed E-state index contributed by atoms with van der Waals surface area (Å²) < 4.78 is 11.5. The fourth-order valence-corrected chi connectivity index (χ4v) is 11.0. The highest BCUT2D eigenvalue weighted by Crippen LogP contribution is 2.48. The Balaban J connectivity index is 1.07. The molecular weight excluding hydrogens is 773 g/mol. The van der Waals surface area contributed by atoms with Crippen LogP contribution in [0.4, 0.5) is 17.1 Å². The number of hydrogen-bond donors (Lipinski definition) is 0. The van der Waals surface area contributed by atoms with Crippen molar-refractivity contribution in [2.24, 2.45) is 0 Å². The summed E-state index contributed by atoms with van der Waals surface area (Å²) in [5.41, 5.74) is 13.2. The van der Waals surface area contributed by atoms with Crippen LogP contribution in [0.3, 0.4) is 0 Å². The molecule has 0 aliphatic carbocycles. The van der Waals surface area contributed by atoms with Crippen LogP contribution in [0.15, 0.2) is 223 Å². The molecule has 0 amide bonds. The first-order valence-electron chi connectivity index (χ1n) is 21.1. The Hall–Kier alpha value is -7.92. The molecule has 0 saturated heterocycles. The Morgan fingerprint density at radius 3 is 1.87 bits per heavy atom. The van der Waals surface area contributed by atoms with Crippen molar-refractivity contribution in [3.8, 4) is 27.9 Å². The minimum absolute atomic E-state index is 0.898. The van der Waals surface area contributed by atoms with Crippen LogP contribution < -0.4 is 4.90 Å². The fraction of sp³-hybridized carbons (Fsp3) is 0. The van der Waals surface area contributed by atoms with E-state index < -0.39 is 0 Å². The van der Waals surface area contributed by atoms with E-state index in [0.717, 1.165) is 55.8 Å². The van der Waals surface area contributed by atoms with Crippen LogP contribution in [0, 0.1) is 0 Å². The summed E-state index contributed by atoms with van der Waals surface area (Å²) in [6.45, 7) is 0. The molecule has 0 radical (unpaired) electrons. The van der Waals surface area contributed by atoms with Gasteiger partial charge in [0.2, 0.25) is 0 Å². The normalized spacial score (nSPS) is 11.9. The molecule has 0 saturated carbocycles. The number of aromatic nitrogens is 1. The van der Waals surface area contributed by atoms with E-state index in [4.69, 9.17) is 4.42 Å². The molecule has 290 valence electrons. The Morgan fingerprint density at radius 2 is 1.03 bits per heavy atom. The van der Waals surface area contributed by atoms with E-state index in [1.165, 1.54) is 63.9 Å². The maximum Gasteiger partial charge on any atom is 0.143 e. The van der Waals surface area contributed by atoms with Crippen LogP contribution in [-0.4, -0.2) is 4.57 Å². The predicted octanol–water partition coefficient (Wildman–Crippen LogP) is 17.0. The van der Waals surface area contributed by atoms with Gasteiger partial charge in [-0.3, -0.25) is 0 Å². The summed E-state index contributed by atoms with van der Waals surface area (Å²) in [7, 11) is 0.